The van der Waals surface area contributed by atoms with Crippen LogP contribution in [0.1, 0.15) is 20.3 Å². The van der Waals surface area contributed by atoms with E-state index in [9.17, 15) is 4.79 Å². The van der Waals surface area contributed by atoms with Crippen LogP contribution in [-0.4, -0.2) is 26.6 Å². The van der Waals surface area contributed by atoms with Crippen molar-refractivity contribution < 1.29 is 19.0 Å². The van der Waals surface area contributed by atoms with E-state index in [1.165, 1.54) is 0 Å². The molecule has 0 aromatic heterocycles. The Balaban J connectivity index is 2.58. The normalized spacial score (nSPS) is 10.3. The van der Waals surface area contributed by atoms with Crippen molar-refractivity contribution in [3.63, 3.8) is 0 Å². The quantitative estimate of drug-likeness (QED) is 0.748. The number of ether oxygens (including phenoxy) is 3. The maximum atomic E-state index is 11.4. The third-order valence-electron chi connectivity index (χ3n) is 2.59. The summed E-state index contributed by atoms with van der Waals surface area (Å²) in [4.78, 5) is 11.4. The maximum absolute atomic E-state index is 11.4. The van der Waals surface area contributed by atoms with E-state index in [2.05, 4.69) is 0 Å². The van der Waals surface area contributed by atoms with Crippen molar-refractivity contribution in [2.45, 2.75) is 20.3 Å². The Kier molecular flexibility index (Phi) is 5.49. The molecule has 0 radical (unpaired) electrons. The van der Waals surface area contributed by atoms with Gasteiger partial charge in [0, 0.05) is 30.5 Å². The van der Waals surface area contributed by atoms with Crippen molar-refractivity contribution in [1.82, 2.24) is 0 Å². The Morgan fingerprint density at radius 1 is 1.06 bits per heavy atom. The summed E-state index contributed by atoms with van der Waals surface area (Å²) in [6, 6.07) is 5.30. The van der Waals surface area contributed by atoms with Crippen LogP contribution in [0.4, 0.5) is 0 Å². The Morgan fingerprint density at radius 2 is 1.56 bits per heavy atom. The molecule has 0 aliphatic heterocycles. The summed E-state index contributed by atoms with van der Waals surface area (Å²) in [6.45, 7) is 4.14. The molecule has 1 aromatic rings. The summed E-state index contributed by atoms with van der Waals surface area (Å²) >= 11 is 0. The van der Waals surface area contributed by atoms with Gasteiger partial charge < -0.3 is 14.2 Å². The molecule has 0 aliphatic rings. The van der Waals surface area contributed by atoms with Gasteiger partial charge in [0.1, 0.15) is 23.0 Å². The number of methoxy groups -OCH3 is 2. The van der Waals surface area contributed by atoms with E-state index < -0.39 is 0 Å². The highest BCUT2D eigenvalue weighted by atomic mass is 16.5. The molecule has 0 fully saturated rings. The van der Waals surface area contributed by atoms with E-state index in [0.29, 0.717) is 30.3 Å². The molecule has 0 aliphatic carbocycles. The maximum Gasteiger partial charge on any atom is 0.138 e. The summed E-state index contributed by atoms with van der Waals surface area (Å²) in [7, 11) is 3.17. The Morgan fingerprint density at radius 3 is 2.00 bits per heavy atom. The molecule has 0 bridgehead atoms. The van der Waals surface area contributed by atoms with Gasteiger partial charge in [0.2, 0.25) is 0 Å². The number of carbonyl (C=O) groups excluding carboxylic acids is 1. The number of carbonyl (C=O) groups is 1. The predicted molar refractivity (Wildman–Crippen MR) is 69.5 cm³/mol. The Hall–Kier alpha value is -1.71. The van der Waals surface area contributed by atoms with Crippen molar-refractivity contribution in [3.8, 4) is 17.2 Å². The molecule has 0 amide bonds. The predicted octanol–water partition coefficient (Wildman–Crippen LogP) is 2.70. The smallest absolute Gasteiger partial charge is 0.138 e. The van der Waals surface area contributed by atoms with Gasteiger partial charge in [-0.05, 0) is 0 Å². The zero-order valence-electron chi connectivity index (χ0n) is 11.4. The summed E-state index contributed by atoms with van der Waals surface area (Å²) in [5.74, 6) is 2.22. The second kappa shape index (κ2) is 6.89. The first-order valence-corrected chi connectivity index (χ1v) is 5.95. The average Bonchev–Trinajstić information content (AvgIpc) is 2.37. The first kappa shape index (κ1) is 14.4. The van der Waals surface area contributed by atoms with Crippen LogP contribution < -0.4 is 14.2 Å². The Bertz CT molecular complexity index is 377. The molecule has 0 spiro atoms. The fraction of sp³-hybridized carbons (Fsp3) is 0.500. The van der Waals surface area contributed by atoms with Crippen LogP contribution in [0.3, 0.4) is 0 Å². The lowest BCUT2D eigenvalue weighted by molar-refractivity contribution is -0.122. The van der Waals surface area contributed by atoms with Crippen LogP contribution in [0.25, 0.3) is 0 Å². The fourth-order valence-corrected chi connectivity index (χ4v) is 1.42. The van der Waals surface area contributed by atoms with Gasteiger partial charge >= 0.3 is 0 Å². The molecule has 4 nitrogen and oxygen atoms in total. The number of Topliss-reactive ketones (excluding diaryl/α,β-unsaturated/α-hetero) is 1. The minimum Gasteiger partial charge on any atom is -0.496 e. The summed E-state index contributed by atoms with van der Waals surface area (Å²) in [5.41, 5.74) is 0. The van der Waals surface area contributed by atoms with Gasteiger partial charge in [-0.1, -0.05) is 13.8 Å². The SMILES string of the molecule is COc1cc(OC)cc(OCCC(=O)C(C)C)c1. The lowest BCUT2D eigenvalue weighted by atomic mass is 10.1. The molecule has 100 valence electrons. The van der Waals surface area contributed by atoms with E-state index in [-0.39, 0.29) is 11.7 Å². The van der Waals surface area contributed by atoms with Crippen molar-refractivity contribution in [1.29, 1.82) is 0 Å². The monoisotopic (exact) mass is 252 g/mol. The standard InChI is InChI=1S/C14H20O4/c1-10(2)14(15)5-6-18-13-8-11(16-3)7-12(9-13)17-4/h7-10H,5-6H2,1-4H3. The molecule has 0 saturated carbocycles. The van der Waals surface area contributed by atoms with Crippen LogP contribution in [0.15, 0.2) is 18.2 Å². The largest absolute Gasteiger partial charge is 0.496 e. The molecule has 0 atom stereocenters. The summed E-state index contributed by atoms with van der Waals surface area (Å²) < 4.78 is 15.8. The number of ketones is 1. The topological polar surface area (TPSA) is 44.8 Å². The molecular formula is C14H20O4. The van der Waals surface area contributed by atoms with Crippen molar-refractivity contribution in [2.24, 2.45) is 5.92 Å². The number of hydrogen-bond donors (Lipinski definition) is 0. The molecule has 1 rings (SSSR count). The Labute approximate surface area is 108 Å². The van der Waals surface area contributed by atoms with E-state index in [1.54, 1.807) is 32.4 Å². The van der Waals surface area contributed by atoms with Crippen LogP contribution in [-0.2, 0) is 4.79 Å². The zero-order valence-corrected chi connectivity index (χ0v) is 11.4. The first-order valence-electron chi connectivity index (χ1n) is 5.95. The molecule has 0 N–H and O–H groups in total. The lowest BCUT2D eigenvalue weighted by Gasteiger charge is -2.10. The molecule has 1 aromatic carbocycles. The van der Waals surface area contributed by atoms with Gasteiger partial charge in [-0.25, -0.2) is 0 Å². The van der Waals surface area contributed by atoms with Gasteiger partial charge in [0.25, 0.3) is 0 Å². The molecule has 0 heterocycles. The molecule has 0 saturated heterocycles. The van der Waals surface area contributed by atoms with Gasteiger partial charge in [-0.15, -0.1) is 0 Å². The zero-order chi connectivity index (χ0) is 13.5. The second-order valence-electron chi connectivity index (χ2n) is 4.27. The molecule has 18 heavy (non-hydrogen) atoms. The first-order chi connectivity index (χ1) is 8.56. The number of hydrogen-bond acceptors (Lipinski definition) is 4. The molecule has 4 heteroatoms. The van der Waals surface area contributed by atoms with Crippen LogP contribution in [0, 0.1) is 5.92 Å². The van der Waals surface area contributed by atoms with Gasteiger partial charge in [-0.2, -0.15) is 0 Å². The van der Waals surface area contributed by atoms with Gasteiger partial charge in [-0.3, -0.25) is 4.79 Å². The molecular weight excluding hydrogens is 232 g/mol. The van der Waals surface area contributed by atoms with Crippen molar-refractivity contribution >= 4 is 5.78 Å². The summed E-state index contributed by atoms with van der Waals surface area (Å²) in [6.07, 6.45) is 0.414. The van der Waals surface area contributed by atoms with E-state index in [4.69, 9.17) is 14.2 Å². The van der Waals surface area contributed by atoms with E-state index >= 15 is 0 Å². The highest BCUT2D eigenvalue weighted by Crippen LogP contribution is 2.27. The van der Waals surface area contributed by atoms with E-state index in [0.717, 1.165) is 0 Å². The van der Waals surface area contributed by atoms with Crippen LogP contribution >= 0.6 is 0 Å². The fourth-order valence-electron chi connectivity index (χ4n) is 1.42. The third kappa shape index (κ3) is 4.28. The van der Waals surface area contributed by atoms with Gasteiger partial charge in [0.15, 0.2) is 0 Å². The third-order valence-corrected chi connectivity index (χ3v) is 2.59. The number of rotatable bonds is 7. The minimum absolute atomic E-state index is 0.0495. The number of benzene rings is 1. The van der Waals surface area contributed by atoms with Crippen molar-refractivity contribution in [3.05, 3.63) is 18.2 Å². The lowest BCUT2D eigenvalue weighted by Crippen LogP contribution is -2.11. The van der Waals surface area contributed by atoms with Crippen LogP contribution in [0.5, 0.6) is 17.2 Å². The highest BCUT2D eigenvalue weighted by molar-refractivity contribution is 5.80. The van der Waals surface area contributed by atoms with Crippen LogP contribution in [0.2, 0.25) is 0 Å². The minimum atomic E-state index is 0.0495. The van der Waals surface area contributed by atoms with E-state index in [1.807, 2.05) is 13.8 Å². The second-order valence-corrected chi connectivity index (χ2v) is 4.27. The van der Waals surface area contributed by atoms with Crippen molar-refractivity contribution in [2.75, 3.05) is 20.8 Å². The van der Waals surface area contributed by atoms with Gasteiger partial charge in [0.05, 0.1) is 20.8 Å². The summed E-state index contributed by atoms with van der Waals surface area (Å²) in [5, 5.41) is 0. The molecule has 0 unspecified atom stereocenters. The highest BCUT2D eigenvalue weighted by Gasteiger charge is 2.08. The average molecular weight is 252 g/mol.